The lowest BCUT2D eigenvalue weighted by Gasteiger charge is -2.36. The summed E-state index contributed by atoms with van der Waals surface area (Å²) < 4.78 is 20.5. The molecule has 0 saturated carbocycles. The number of halogens is 1. The number of hydrogen-bond donors (Lipinski definition) is 0. The summed E-state index contributed by atoms with van der Waals surface area (Å²) in [7, 11) is -0.203. The zero-order chi connectivity index (χ0) is 22.8. The molecular weight excluding hydrogens is 474 g/mol. The standard InChI is InChI=1S/C23H32BrN3O3Si/c1-8-22(28-5)30-20-13-16(24)12-19-18(20)14-25-27(19)21-11-9-10-17(26-21)15-29-31(6,7)23(2,3)4/h9-14,22H,8,15H2,1-7H3. The number of hydrogen-bond acceptors (Lipinski definition) is 5. The van der Waals surface area contributed by atoms with E-state index in [-0.39, 0.29) is 11.3 Å². The molecule has 1 unspecified atom stereocenters. The van der Waals surface area contributed by atoms with Crippen molar-refractivity contribution < 1.29 is 13.9 Å². The second-order valence-corrected chi connectivity index (χ2v) is 14.8. The molecule has 0 aliphatic heterocycles. The van der Waals surface area contributed by atoms with Gasteiger partial charge in [-0.25, -0.2) is 9.67 Å². The van der Waals surface area contributed by atoms with Crippen LogP contribution in [-0.4, -0.2) is 36.5 Å². The monoisotopic (exact) mass is 505 g/mol. The predicted octanol–water partition coefficient (Wildman–Crippen LogP) is 6.47. The quantitative estimate of drug-likeness (QED) is 0.259. The molecule has 168 valence electrons. The molecule has 3 rings (SSSR count). The van der Waals surface area contributed by atoms with Crippen LogP contribution < -0.4 is 4.74 Å². The van der Waals surface area contributed by atoms with Crippen LogP contribution in [-0.2, 0) is 15.8 Å². The van der Waals surface area contributed by atoms with E-state index in [4.69, 9.17) is 18.9 Å². The second kappa shape index (κ2) is 9.40. The summed E-state index contributed by atoms with van der Waals surface area (Å²) in [4.78, 5) is 4.82. The van der Waals surface area contributed by atoms with E-state index in [0.717, 1.165) is 39.1 Å². The first-order valence-electron chi connectivity index (χ1n) is 10.5. The molecule has 0 saturated heterocycles. The van der Waals surface area contributed by atoms with Gasteiger partial charge in [-0.05, 0) is 42.4 Å². The number of pyridine rings is 1. The summed E-state index contributed by atoms with van der Waals surface area (Å²) in [5.41, 5.74) is 1.80. The van der Waals surface area contributed by atoms with Crippen LogP contribution in [0.2, 0.25) is 18.1 Å². The van der Waals surface area contributed by atoms with Gasteiger partial charge in [-0.1, -0.05) is 49.7 Å². The van der Waals surface area contributed by atoms with Crippen molar-refractivity contribution in [1.29, 1.82) is 0 Å². The number of rotatable bonds is 8. The molecule has 6 nitrogen and oxygen atoms in total. The van der Waals surface area contributed by atoms with E-state index in [1.165, 1.54) is 0 Å². The van der Waals surface area contributed by atoms with Gasteiger partial charge in [0.05, 0.1) is 29.4 Å². The van der Waals surface area contributed by atoms with Gasteiger partial charge in [0, 0.05) is 18.0 Å². The molecule has 0 aliphatic rings. The van der Waals surface area contributed by atoms with Crippen LogP contribution in [0.25, 0.3) is 16.7 Å². The van der Waals surface area contributed by atoms with E-state index in [1.54, 1.807) is 13.3 Å². The number of fused-ring (bicyclic) bond motifs is 1. The maximum Gasteiger partial charge on any atom is 0.199 e. The third kappa shape index (κ3) is 5.37. The molecule has 0 fully saturated rings. The highest BCUT2D eigenvalue weighted by Gasteiger charge is 2.37. The molecule has 1 atom stereocenters. The normalized spacial score (nSPS) is 13.5. The van der Waals surface area contributed by atoms with Crippen LogP contribution in [0, 0.1) is 0 Å². The SMILES string of the molecule is CCC(OC)Oc1cc(Br)cc2c1cnn2-c1cccc(CO[Si](C)(C)C(C)(C)C)n1. The fraction of sp³-hybridized carbons (Fsp3) is 0.478. The molecule has 0 bridgehead atoms. The van der Waals surface area contributed by atoms with E-state index >= 15 is 0 Å². The molecule has 31 heavy (non-hydrogen) atoms. The molecule has 0 aliphatic carbocycles. The van der Waals surface area contributed by atoms with Crippen molar-refractivity contribution in [3.8, 4) is 11.6 Å². The molecule has 3 aromatic rings. The van der Waals surface area contributed by atoms with Crippen molar-refractivity contribution in [3.63, 3.8) is 0 Å². The Morgan fingerprint density at radius 2 is 1.94 bits per heavy atom. The minimum Gasteiger partial charge on any atom is -0.464 e. The molecule has 0 N–H and O–H groups in total. The lowest BCUT2D eigenvalue weighted by molar-refractivity contribution is -0.0539. The van der Waals surface area contributed by atoms with Crippen molar-refractivity contribution in [2.24, 2.45) is 0 Å². The third-order valence-electron chi connectivity index (χ3n) is 5.87. The largest absolute Gasteiger partial charge is 0.464 e. The summed E-state index contributed by atoms with van der Waals surface area (Å²) in [6.07, 6.45) is 2.24. The first-order valence-corrected chi connectivity index (χ1v) is 14.2. The van der Waals surface area contributed by atoms with Crippen LogP contribution in [0.5, 0.6) is 5.75 Å². The van der Waals surface area contributed by atoms with Gasteiger partial charge in [-0.2, -0.15) is 5.10 Å². The molecule has 2 heterocycles. The molecule has 0 spiro atoms. The number of aromatic nitrogens is 3. The summed E-state index contributed by atoms with van der Waals surface area (Å²) in [5.74, 6) is 1.47. The molecular formula is C23H32BrN3O3Si. The Balaban J connectivity index is 1.92. The second-order valence-electron chi connectivity index (χ2n) is 9.12. The smallest absolute Gasteiger partial charge is 0.199 e. The molecule has 1 aromatic carbocycles. The van der Waals surface area contributed by atoms with Crippen molar-refractivity contribution in [1.82, 2.24) is 14.8 Å². The van der Waals surface area contributed by atoms with Crippen LogP contribution >= 0.6 is 15.9 Å². The fourth-order valence-electron chi connectivity index (χ4n) is 2.92. The maximum atomic E-state index is 6.35. The van der Waals surface area contributed by atoms with Gasteiger partial charge < -0.3 is 13.9 Å². The van der Waals surface area contributed by atoms with E-state index < -0.39 is 8.32 Å². The molecule has 0 radical (unpaired) electrons. The highest BCUT2D eigenvalue weighted by Crippen LogP contribution is 2.37. The Hall–Kier alpha value is -1.74. The van der Waals surface area contributed by atoms with Gasteiger partial charge in [0.25, 0.3) is 0 Å². The zero-order valence-electron chi connectivity index (χ0n) is 19.4. The summed E-state index contributed by atoms with van der Waals surface area (Å²) in [6.45, 7) is 13.7. The maximum absolute atomic E-state index is 6.35. The minimum absolute atomic E-state index is 0.157. The highest BCUT2D eigenvalue weighted by molar-refractivity contribution is 9.10. The predicted molar refractivity (Wildman–Crippen MR) is 130 cm³/mol. The third-order valence-corrected chi connectivity index (χ3v) is 10.8. The number of methoxy groups -OCH3 is 1. The van der Waals surface area contributed by atoms with Gasteiger partial charge in [0.2, 0.25) is 0 Å². The van der Waals surface area contributed by atoms with Gasteiger partial charge >= 0.3 is 0 Å². The topological polar surface area (TPSA) is 58.4 Å². The van der Waals surface area contributed by atoms with E-state index in [1.807, 2.05) is 41.9 Å². The zero-order valence-corrected chi connectivity index (χ0v) is 22.0. The summed E-state index contributed by atoms with van der Waals surface area (Å²) in [6, 6.07) is 9.90. The summed E-state index contributed by atoms with van der Waals surface area (Å²) >= 11 is 3.59. The highest BCUT2D eigenvalue weighted by atomic mass is 79.9. The van der Waals surface area contributed by atoms with Crippen molar-refractivity contribution in [2.45, 2.75) is 65.1 Å². The Labute approximate surface area is 194 Å². The fourth-order valence-corrected chi connectivity index (χ4v) is 4.28. The minimum atomic E-state index is -1.85. The molecule has 0 amide bonds. The van der Waals surface area contributed by atoms with E-state index in [0.29, 0.717) is 6.61 Å². The van der Waals surface area contributed by atoms with Crippen molar-refractivity contribution in [3.05, 3.63) is 46.7 Å². The Morgan fingerprint density at radius 1 is 1.19 bits per heavy atom. The number of ether oxygens (including phenoxy) is 2. The Morgan fingerprint density at radius 3 is 2.58 bits per heavy atom. The molecule has 2 aromatic heterocycles. The van der Waals surface area contributed by atoms with Crippen LogP contribution in [0.15, 0.2) is 41.0 Å². The number of benzene rings is 1. The lowest BCUT2D eigenvalue weighted by Crippen LogP contribution is -2.40. The van der Waals surface area contributed by atoms with Gasteiger partial charge in [-0.3, -0.25) is 0 Å². The van der Waals surface area contributed by atoms with Crippen LogP contribution in [0.4, 0.5) is 0 Å². The average Bonchev–Trinajstić information content (AvgIpc) is 3.13. The summed E-state index contributed by atoms with van der Waals surface area (Å²) in [5, 5.41) is 5.66. The van der Waals surface area contributed by atoms with Gasteiger partial charge in [0.15, 0.2) is 20.4 Å². The van der Waals surface area contributed by atoms with Crippen molar-refractivity contribution >= 4 is 35.2 Å². The average molecular weight is 507 g/mol. The lowest BCUT2D eigenvalue weighted by atomic mass is 10.2. The van der Waals surface area contributed by atoms with Gasteiger partial charge in [0.1, 0.15) is 5.75 Å². The van der Waals surface area contributed by atoms with E-state index in [2.05, 4.69) is 54.9 Å². The Bertz CT molecular complexity index is 1040. The van der Waals surface area contributed by atoms with Crippen LogP contribution in [0.1, 0.15) is 39.8 Å². The first-order chi connectivity index (χ1) is 14.6. The first kappa shape index (κ1) is 23.9. The van der Waals surface area contributed by atoms with E-state index in [9.17, 15) is 0 Å². The van der Waals surface area contributed by atoms with Crippen LogP contribution in [0.3, 0.4) is 0 Å². The van der Waals surface area contributed by atoms with Crippen molar-refractivity contribution in [2.75, 3.05) is 7.11 Å². The number of nitrogens with zero attached hydrogens (tertiary/aromatic N) is 3. The Kier molecular flexibility index (Phi) is 7.25. The molecule has 8 heteroatoms. The van der Waals surface area contributed by atoms with Gasteiger partial charge in [-0.15, -0.1) is 0 Å².